The summed E-state index contributed by atoms with van der Waals surface area (Å²) < 4.78 is 17.7. The van der Waals surface area contributed by atoms with Crippen LogP contribution in [0, 0.1) is 25.7 Å². The van der Waals surface area contributed by atoms with Crippen LogP contribution < -0.4 is 14.2 Å². The second kappa shape index (κ2) is 12.3. The van der Waals surface area contributed by atoms with E-state index < -0.39 is 0 Å². The fourth-order valence-corrected chi connectivity index (χ4v) is 2.88. The van der Waals surface area contributed by atoms with Crippen molar-refractivity contribution in [1.29, 1.82) is 0 Å². The molecule has 0 saturated heterocycles. The number of nitrogens with zero attached hydrogens (tertiary/aromatic N) is 1. The van der Waals surface area contributed by atoms with Gasteiger partial charge in [0.2, 0.25) is 0 Å². The molecule has 0 aliphatic carbocycles. The number of rotatable bonds is 9. The zero-order valence-corrected chi connectivity index (χ0v) is 19.1. The Morgan fingerprint density at radius 1 is 0.968 bits per heavy atom. The van der Waals surface area contributed by atoms with E-state index in [2.05, 4.69) is 17.0 Å². The molecule has 0 aromatic heterocycles. The number of allylic oxidation sites excluding steroid dienone is 1. The molecule has 0 saturated carbocycles. The molecule has 2 aromatic rings. The summed E-state index contributed by atoms with van der Waals surface area (Å²) in [4.78, 5) is 4.71. The van der Waals surface area contributed by atoms with Crippen molar-refractivity contribution in [3.05, 3.63) is 65.2 Å². The number of benzene rings is 2. The Kier molecular flexibility index (Phi) is 9.51. The molecule has 2 atom stereocenters. The van der Waals surface area contributed by atoms with Crippen molar-refractivity contribution < 1.29 is 19.0 Å². The molecule has 0 spiro atoms. The van der Waals surface area contributed by atoms with Crippen LogP contribution in [-0.2, 0) is 4.84 Å². The van der Waals surface area contributed by atoms with E-state index in [1.165, 1.54) is 7.11 Å². The zero-order chi connectivity index (χ0) is 22.6. The molecule has 0 fully saturated rings. The number of hydrogen-bond acceptors (Lipinski definition) is 5. The monoisotopic (exact) mass is 421 g/mol. The van der Waals surface area contributed by atoms with Crippen LogP contribution >= 0.6 is 0 Å². The van der Waals surface area contributed by atoms with Gasteiger partial charge in [0.1, 0.15) is 31.0 Å². The topological polar surface area (TPSA) is 49.3 Å². The van der Waals surface area contributed by atoms with E-state index in [0.29, 0.717) is 6.61 Å². The van der Waals surface area contributed by atoms with Crippen LogP contribution in [0.25, 0.3) is 0 Å². The molecule has 0 bridgehead atoms. The van der Waals surface area contributed by atoms with E-state index in [1.807, 2.05) is 83.2 Å². The van der Waals surface area contributed by atoms with Gasteiger partial charge in [0.15, 0.2) is 12.2 Å². The second-order valence-electron chi connectivity index (χ2n) is 7.06. The van der Waals surface area contributed by atoms with E-state index in [0.717, 1.165) is 33.9 Å². The molecule has 2 aromatic carbocycles. The number of aryl methyl sites for hydroxylation is 2. The second-order valence-corrected chi connectivity index (χ2v) is 7.06. The largest absolute Gasteiger partial charge is 0.490 e. The molecule has 31 heavy (non-hydrogen) atoms. The smallest absolute Gasteiger partial charge is 0.156 e. The van der Waals surface area contributed by atoms with Crippen LogP contribution in [0.5, 0.6) is 17.2 Å². The van der Waals surface area contributed by atoms with E-state index in [9.17, 15) is 0 Å². The van der Waals surface area contributed by atoms with Crippen molar-refractivity contribution >= 4 is 6.21 Å². The first-order chi connectivity index (χ1) is 14.9. The summed E-state index contributed by atoms with van der Waals surface area (Å²) in [6.45, 7) is 10.4. The minimum Gasteiger partial charge on any atom is -0.490 e. The van der Waals surface area contributed by atoms with Crippen LogP contribution in [0.4, 0.5) is 0 Å². The summed E-state index contributed by atoms with van der Waals surface area (Å²) in [5.41, 5.74) is 2.92. The minimum atomic E-state index is -0.287. The Hall–Kier alpha value is -3.39. The van der Waals surface area contributed by atoms with E-state index in [4.69, 9.17) is 19.0 Å². The molecule has 5 nitrogen and oxygen atoms in total. The molecule has 0 N–H and O–H groups in total. The van der Waals surface area contributed by atoms with Crippen molar-refractivity contribution in [2.45, 2.75) is 46.8 Å². The van der Waals surface area contributed by atoms with Gasteiger partial charge in [-0.2, -0.15) is 0 Å². The summed E-state index contributed by atoms with van der Waals surface area (Å²) in [7, 11) is 1.51. The summed E-state index contributed by atoms with van der Waals surface area (Å²) in [6, 6.07) is 11.6. The van der Waals surface area contributed by atoms with Gasteiger partial charge in [-0.25, -0.2) is 0 Å². The van der Waals surface area contributed by atoms with Crippen LogP contribution in [0.2, 0.25) is 0 Å². The molecule has 2 rings (SSSR count). The zero-order valence-electron chi connectivity index (χ0n) is 19.1. The van der Waals surface area contributed by atoms with Gasteiger partial charge in [-0.3, -0.25) is 0 Å². The number of ether oxygens (including phenoxy) is 3. The summed E-state index contributed by atoms with van der Waals surface area (Å²) >= 11 is 0. The molecule has 0 radical (unpaired) electrons. The molecule has 0 amide bonds. The predicted octanol–water partition coefficient (Wildman–Crippen LogP) is 5.48. The first kappa shape index (κ1) is 23.9. The van der Waals surface area contributed by atoms with Crippen molar-refractivity contribution in [3.63, 3.8) is 0 Å². The average molecular weight is 422 g/mol. The maximum Gasteiger partial charge on any atom is 0.156 e. The van der Waals surface area contributed by atoms with Crippen molar-refractivity contribution in [2.75, 3.05) is 13.7 Å². The molecular formula is C26H31NO4. The van der Waals surface area contributed by atoms with Gasteiger partial charge in [0.25, 0.3) is 0 Å². The summed E-state index contributed by atoms with van der Waals surface area (Å²) in [6.07, 6.45) is 5.00. The first-order valence-electron chi connectivity index (χ1n) is 10.3. The SMILES string of the molecule is C/C=C/COc1cc(C)c(OC(C)C#CC(C)Oc2cccc(/C=N\OC)c2)c(C)c1. The fourth-order valence-electron chi connectivity index (χ4n) is 2.88. The molecule has 0 aliphatic heterocycles. The van der Waals surface area contributed by atoms with Gasteiger partial charge in [-0.15, -0.1) is 0 Å². The molecule has 5 heteroatoms. The molecule has 164 valence electrons. The van der Waals surface area contributed by atoms with Crippen LogP contribution in [-0.4, -0.2) is 32.1 Å². The molecule has 0 heterocycles. The Morgan fingerprint density at radius 2 is 1.65 bits per heavy atom. The summed E-state index contributed by atoms with van der Waals surface area (Å²) in [5, 5.41) is 3.76. The Morgan fingerprint density at radius 3 is 2.29 bits per heavy atom. The lowest BCUT2D eigenvalue weighted by Crippen LogP contribution is -2.14. The normalized spacial score (nSPS) is 12.8. The lowest BCUT2D eigenvalue weighted by molar-refractivity contribution is 0.215. The highest BCUT2D eigenvalue weighted by Gasteiger charge is 2.10. The third kappa shape index (κ3) is 8.10. The quantitative estimate of drug-likeness (QED) is 0.233. The number of hydrogen-bond donors (Lipinski definition) is 0. The number of oxime groups is 1. The standard InChI is InChI=1S/C26H31NO4/c1-7-8-14-29-25-15-19(2)26(20(3)16-25)31-22(5)13-12-21(4)30-24-11-9-10-23(17-24)18-27-28-6/h7-11,15-18,21-22H,14H2,1-6H3/b8-7+,27-18-. The maximum absolute atomic E-state index is 6.09. The molecule has 0 aliphatic rings. The van der Waals surface area contributed by atoms with Gasteiger partial charge < -0.3 is 19.0 Å². The third-order valence-corrected chi connectivity index (χ3v) is 4.28. The Bertz CT molecular complexity index is 946. The summed E-state index contributed by atoms with van der Waals surface area (Å²) in [5.74, 6) is 8.62. The van der Waals surface area contributed by atoms with Crippen molar-refractivity contribution in [2.24, 2.45) is 5.16 Å². The van der Waals surface area contributed by atoms with Gasteiger partial charge in [0, 0.05) is 0 Å². The lowest BCUT2D eigenvalue weighted by atomic mass is 10.1. The minimum absolute atomic E-state index is 0.279. The Balaban J connectivity index is 1.98. The van der Waals surface area contributed by atoms with Crippen molar-refractivity contribution in [3.8, 4) is 29.1 Å². The Labute approximate surface area is 185 Å². The van der Waals surface area contributed by atoms with Gasteiger partial charge in [0.05, 0.1) is 6.21 Å². The fraction of sp³-hybridized carbons (Fsp3) is 0.346. The maximum atomic E-state index is 6.09. The van der Waals surface area contributed by atoms with Gasteiger partial charge >= 0.3 is 0 Å². The van der Waals surface area contributed by atoms with E-state index in [1.54, 1.807) is 6.21 Å². The van der Waals surface area contributed by atoms with E-state index >= 15 is 0 Å². The van der Waals surface area contributed by atoms with Crippen molar-refractivity contribution in [1.82, 2.24) is 0 Å². The van der Waals surface area contributed by atoms with Gasteiger partial charge in [-0.1, -0.05) is 41.3 Å². The lowest BCUT2D eigenvalue weighted by Gasteiger charge is -2.16. The molecular weight excluding hydrogens is 390 g/mol. The van der Waals surface area contributed by atoms with Crippen LogP contribution in [0.15, 0.2) is 53.7 Å². The van der Waals surface area contributed by atoms with Crippen LogP contribution in [0.1, 0.15) is 37.5 Å². The predicted molar refractivity (Wildman–Crippen MR) is 125 cm³/mol. The molecule has 2 unspecified atom stereocenters. The highest BCUT2D eigenvalue weighted by molar-refractivity contribution is 5.79. The van der Waals surface area contributed by atoms with Gasteiger partial charge in [-0.05, 0) is 75.6 Å². The highest BCUT2D eigenvalue weighted by atomic mass is 16.6. The highest BCUT2D eigenvalue weighted by Crippen LogP contribution is 2.29. The van der Waals surface area contributed by atoms with E-state index in [-0.39, 0.29) is 12.2 Å². The van der Waals surface area contributed by atoms with Crippen LogP contribution in [0.3, 0.4) is 0 Å². The average Bonchev–Trinajstić information content (AvgIpc) is 2.74. The first-order valence-corrected chi connectivity index (χ1v) is 10.3. The third-order valence-electron chi connectivity index (χ3n) is 4.28.